The first-order chi connectivity index (χ1) is 13.5. The molecule has 1 atom stereocenters. The zero-order valence-corrected chi connectivity index (χ0v) is 18.8. The third-order valence-corrected chi connectivity index (χ3v) is 6.05. The number of phenolic OH excluding ortho intramolecular Hbond substituents is 1. The van der Waals surface area contributed by atoms with Gasteiger partial charge in [-0.15, -0.1) is 0 Å². The Morgan fingerprint density at radius 1 is 0.862 bits per heavy atom. The minimum atomic E-state index is -0.228. The molecule has 1 N–H and O–H groups in total. The monoisotopic (exact) mass is 397 g/mol. The number of hydrogen-bond acceptors (Lipinski definition) is 2. The van der Waals surface area contributed by atoms with Crippen LogP contribution < -0.4 is 0 Å². The van der Waals surface area contributed by atoms with Gasteiger partial charge in [0.25, 0.3) is 0 Å². The molecule has 1 aliphatic rings. The van der Waals surface area contributed by atoms with Crippen molar-refractivity contribution in [2.24, 2.45) is 0 Å². The molecule has 1 saturated heterocycles. The Morgan fingerprint density at radius 2 is 1.45 bits per heavy atom. The fraction of sp³-hybridized carbons (Fsp3) is 0.538. The predicted molar refractivity (Wildman–Crippen MR) is 119 cm³/mol. The molecule has 0 amide bonds. The van der Waals surface area contributed by atoms with Gasteiger partial charge in [0.05, 0.1) is 6.04 Å². The van der Waals surface area contributed by atoms with Crippen molar-refractivity contribution in [2.75, 3.05) is 13.1 Å². The molecule has 0 aromatic heterocycles. The summed E-state index contributed by atoms with van der Waals surface area (Å²) in [5.74, 6) is 0.152. The molecule has 0 saturated carbocycles. The third-order valence-electron chi connectivity index (χ3n) is 6.05. The van der Waals surface area contributed by atoms with Crippen LogP contribution in [0.2, 0.25) is 0 Å². The Bertz CT molecular complexity index is 837. The molecule has 1 unspecified atom stereocenters. The summed E-state index contributed by atoms with van der Waals surface area (Å²) in [5, 5.41) is 11.4. The lowest BCUT2D eigenvalue weighted by Crippen LogP contribution is -2.35. The Balaban J connectivity index is 2.24. The van der Waals surface area contributed by atoms with Crippen molar-refractivity contribution in [2.45, 2.75) is 77.7 Å². The molecule has 1 fully saturated rings. The van der Waals surface area contributed by atoms with Crippen molar-refractivity contribution in [3.63, 3.8) is 0 Å². The van der Waals surface area contributed by atoms with E-state index in [1.54, 1.807) is 0 Å². The fourth-order valence-corrected chi connectivity index (χ4v) is 4.28. The highest BCUT2D eigenvalue weighted by molar-refractivity contribution is 5.52. The van der Waals surface area contributed by atoms with E-state index in [2.05, 4.69) is 58.6 Å². The lowest BCUT2D eigenvalue weighted by Gasteiger charge is -2.37. The number of likely N-dealkylation sites (tertiary alicyclic amines) is 1. The van der Waals surface area contributed by atoms with Crippen molar-refractivity contribution in [3.8, 4) is 5.75 Å². The lowest BCUT2D eigenvalue weighted by atomic mass is 9.77. The quantitative estimate of drug-likeness (QED) is 0.623. The molecule has 2 aromatic rings. The molecule has 2 nitrogen and oxygen atoms in total. The van der Waals surface area contributed by atoms with Gasteiger partial charge in [-0.3, -0.25) is 4.90 Å². The normalized spacial score (nSPS) is 17.3. The zero-order chi connectivity index (χ0) is 21.4. The van der Waals surface area contributed by atoms with Crippen LogP contribution in [0.15, 0.2) is 36.4 Å². The van der Waals surface area contributed by atoms with E-state index in [-0.39, 0.29) is 22.7 Å². The average molecular weight is 398 g/mol. The van der Waals surface area contributed by atoms with Crippen LogP contribution in [0.25, 0.3) is 0 Å². The lowest BCUT2D eigenvalue weighted by molar-refractivity contribution is 0.184. The van der Waals surface area contributed by atoms with Gasteiger partial charge in [-0.1, -0.05) is 66.2 Å². The Labute approximate surface area is 175 Å². The molecule has 0 bridgehead atoms. The number of hydrogen-bond donors (Lipinski definition) is 1. The van der Waals surface area contributed by atoms with E-state index >= 15 is 0 Å². The van der Waals surface area contributed by atoms with E-state index < -0.39 is 0 Å². The SMILES string of the molecule is CC(C)(C)c1cc(C(c2ccc(F)cc2)N2CCCCC2)c(O)c(C(C)(C)C)c1. The highest BCUT2D eigenvalue weighted by Crippen LogP contribution is 2.43. The first kappa shape index (κ1) is 21.8. The van der Waals surface area contributed by atoms with Crippen molar-refractivity contribution in [1.82, 2.24) is 4.90 Å². The molecule has 3 rings (SSSR count). The van der Waals surface area contributed by atoms with Crippen molar-refractivity contribution >= 4 is 0 Å². The average Bonchev–Trinajstić information content (AvgIpc) is 2.64. The molecule has 0 aliphatic carbocycles. The van der Waals surface area contributed by atoms with Gasteiger partial charge >= 0.3 is 0 Å². The molecule has 1 heterocycles. The second kappa shape index (κ2) is 8.10. The summed E-state index contributed by atoms with van der Waals surface area (Å²) < 4.78 is 13.7. The van der Waals surface area contributed by atoms with E-state index in [9.17, 15) is 9.50 Å². The summed E-state index contributed by atoms with van der Waals surface area (Å²) in [6, 6.07) is 11.1. The predicted octanol–water partition coefficient (Wildman–Crippen LogP) is 6.70. The van der Waals surface area contributed by atoms with Gasteiger partial charge in [-0.05, 0) is 71.7 Å². The molecule has 0 radical (unpaired) electrons. The van der Waals surface area contributed by atoms with Gasteiger partial charge in [-0.2, -0.15) is 0 Å². The highest BCUT2D eigenvalue weighted by Gasteiger charge is 2.31. The van der Waals surface area contributed by atoms with Crippen LogP contribution in [-0.2, 0) is 10.8 Å². The maximum Gasteiger partial charge on any atom is 0.124 e. The molecule has 3 heteroatoms. The van der Waals surface area contributed by atoms with Crippen LogP contribution in [0.3, 0.4) is 0 Å². The second-order valence-corrected chi connectivity index (χ2v) is 10.5. The number of phenols is 1. The maximum atomic E-state index is 13.7. The van der Waals surface area contributed by atoms with Gasteiger partial charge in [0, 0.05) is 5.56 Å². The minimum absolute atomic E-state index is 0.0301. The van der Waals surface area contributed by atoms with E-state index in [0.717, 1.165) is 42.6 Å². The smallest absolute Gasteiger partial charge is 0.124 e. The van der Waals surface area contributed by atoms with Gasteiger partial charge in [0.2, 0.25) is 0 Å². The first-order valence-corrected chi connectivity index (χ1v) is 10.9. The minimum Gasteiger partial charge on any atom is -0.507 e. The molecular weight excluding hydrogens is 361 g/mol. The maximum absolute atomic E-state index is 13.7. The van der Waals surface area contributed by atoms with Crippen LogP contribution in [-0.4, -0.2) is 23.1 Å². The molecule has 29 heavy (non-hydrogen) atoms. The van der Waals surface area contributed by atoms with Gasteiger partial charge in [0.1, 0.15) is 11.6 Å². The standard InChI is InChI=1S/C26H36FNO/c1-25(2,3)19-16-21(24(29)22(17-19)26(4,5)6)23(28-14-8-7-9-15-28)18-10-12-20(27)13-11-18/h10-13,16-17,23,29H,7-9,14-15H2,1-6H3. The summed E-state index contributed by atoms with van der Waals surface area (Å²) >= 11 is 0. The Kier molecular flexibility index (Phi) is 6.10. The summed E-state index contributed by atoms with van der Waals surface area (Å²) in [4.78, 5) is 2.45. The molecular formula is C26H36FNO. The van der Waals surface area contributed by atoms with Gasteiger partial charge in [0.15, 0.2) is 0 Å². The number of piperidine rings is 1. The van der Waals surface area contributed by atoms with Crippen molar-refractivity contribution in [3.05, 3.63) is 64.5 Å². The van der Waals surface area contributed by atoms with E-state index in [0.29, 0.717) is 5.75 Å². The summed E-state index contributed by atoms with van der Waals surface area (Å²) in [7, 11) is 0. The van der Waals surface area contributed by atoms with Crippen LogP contribution in [0.4, 0.5) is 4.39 Å². The van der Waals surface area contributed by atoms with E-state index in [1.165, 1.54) is 24.1 Å². The van der Waals surface area contributed by atoms with Gasteiger partial charge in [-0.25, -0.2) is 4.39 Å². The van der Waals surface area contributed by atoms with E-state index in [4.69, 9.17) is 0 Å². The summed E-state index contributed by atoms with van der Waals surface area (Å²) in [6.45, 7) is 15.1. The topological polar surface area (TPSA) is 23.5 Å². The second-order valence-electron chi connectivity index (χ2n) is 10.5. The molecule has 0 spiro atoms. The molecule has 1 aliphatic heterocycles. The van der Waals surface area contributed by atoms with Crippen LogP contribution in [0, 0.1) is 5.82 Å². The van der Waals surface area contributed by atoms with Crippen LogP contribution in [0.1, 0.15) is 89.1 Å². The number of benzene rings is 2. The summed E-state index contributed by atoms with van der Waals surface area (Å²) in [5.41, 5.74) is 3.97. The van der Waals surface area contributed by atoms with E-state index in [1.807, 2.05) is 12.1 Å². The number of nitrogens with zero attached hydrogens (tertiary/aromatic N) is 1. The van der Waals surface area contributed by atoms with Crippen LogP contribution >= 0.6 is 0 Å². The number of rotatable bonds is 3. The largest absolute Gasteiger partial charge is 0.507 e. The molecule has 158 valence electrons. The van der Waals surface area contributed by atoms with Crippen LogP contribution in [0.5, 0.6) is 5.75 Å². The fourth-order valence-electron chi connectivity index (χ4n) is 4.28. The Hall–Kier alpha value is -1.87. The van der Waals surface area contributed by atoms with Crippen molar-refractivity contribution in [1.29, 1.82) is 0 Å². The third kappa shape index (κ3) is 4.83. The number of halogens is 1. The zero-order valence-electron chi connectivity index (χ0n) is 18.8. The molecule has 2 aromatic carbocycles. The Morgan fingerprint density at radius 3 is 1.97 bits per heavy atom. The van der Waals surface area contributed by atoms with Gasteiger partial charge < -0.3 is 5.11 Å². The highest BCUT2D eigenvalue weighted by atomic mass is 19.1. The first-order valence-electron chi connectivity index (χ1n) is 10.9. The van der Waals surface area contributed by atoms with Crippen molar-refractivity contribution < 1.29 is 9.50 Å². The summed E-state index contributed by atoms with van der Waals surface area (Å²) in [6.07, 6.45) is 3.56. The number of aromatic hydroxyl groups is 1.